The fraction of sp³-hybridized carbons (Fsp3) is 0.710. The van der Waals surface area contributed by atoms with Gasteiger partial charge in [-0.1, -0.05) is 44.6 Å². The Morgan fingerprint density at radius 1 is 1.00 bits per heavy atom. The second-order valence-electron chi connectivity index (χ2n) is 11.5. The zero-order valence-electron chi connectivity index (χ0n) is 24.9. The van der Waals surface area contributed by atoms with E-state index < -0.39 is 6.10 Å². The molecule has 0 aromatic heterocycles. The van der Waals surface area contributed by atoms with Crippen molar-refractivity contribution < 1.29 is 28.6 Å². The molecule has 2 saturated heterocycles. The van der Waals surface area contributed by atoms with Gasteiger partial charge in [0.1, 0.15) is 12.2 Å². The first-order chi connectivity index (χ1) is 19.2. The van der Waals surface area contributed by atoms with E-state index in [9.17, 15) is 14.4 Å². The molecule has 9 nitrogen and oxygen atoms in total. The lowest BCUT2D eigenvalue weighted by Gasteiger charge is -2.32. The number of hydrogen-bond donors (Lipinski definition) is 0. The molecule has 2 fully saturated rings. The van der Waals surface area contributed by atoms with Crippen LogP contribution in [0.15, 0.2) is 36.0 Å². The first-order valence-corrected chi connectivity index (χ1v) is 15.0. The number of carbonyl (C=O) groups is 3. The molecule has 3 aliphatic rings. The topological polar surface area (TPSA) is 88.6 Å². The summed E-state index contributed by atoms with van der Waals surface area (Å²) in [6.45, 7) is 10.9. The number of likely N-dealkylation sites (tertiary alicyclic amines) is 1. The van der Waals surface area contributed by atoms with Crippen LogP contribution in [0.1, 0.15) is 65.7 Å². The molecule has 3 rings (SSSR count). The fourth-order valence-corrected chi connectivity index (χ4v) is 5.14. The average Bonchev–Trinajstić information content (AvgIpc) is 3.47. The van der Waals surface area contributed by atoms with Gasteiger partial charge in [0.2, 0.25) is 0 Å². The zero-order chi connectivity index (χ0) is 28.9. The van der Waals surface area contributed by atoms with Crippen LogP contribution in [0.5, 0.6) is 0 Å². The van der Waals surface area contributed by atoms with Crippen molar-refractivity contribution >= 4 is 18.2 Å². The van der Waals surface area contributed by atoms with Gasteiger partial charge in [0.05, 0.1) is 6.61 Å². The fourth-order valence-electron chi connectivity index (χ4n) is 5.14. The van der Waals surface area contributed by atoms with Crippen LogP contribution in [0, 0.1) is 11.8 Å². The van der Waals surface area contributed by atoms with Crippen molar-refractivity contribution in [2.45, 2.75) is 77.9 Å². The predicted octanol–water partition coefficient (Wildman–Crippen LogP) is 5.18. The van der Waals surface area contributed by atoms with Crippen molar-refractivity contribution in [3.8, 4) is 0 Å². The Morgan fingerprint density at radius 2 is 1.70 bits per heavy atom. The second kappa shape index (κ2) is 16.5. The number of cyclic esters (lactones) is 1. The summed E-state index contributed by atoms with van der Waals surface area (Å²) < 4.78 is 17.3. The van der Waals surface area contributed by atoms with E-state index in [2.05, 4.69) is 11.9 Å². The number of piperazine rings is 1. The van der Waals surface area contributed by atoms with Gasteiger partial charge in [-0.15, -0.1) is 0 Å². The molecule has 0 aliphatic carbocycles. The van der Waals surface area contributed by atoms with E-state index >= 15 is 0 Å². The van der Waals surface area contributed by atoms with Crippen LogP contribution in [-0.4, -0.2) is 98.0 Å². The number of nitrogens with zero attached hydrogens (tertiary/aromatic N) is 3. The molecule has 0 N–H and O–H groups in total. The van der Waals surface area contributed by atoms with Gasteiger partial charge in [-0.05, 0) is 57.7 Å². The molecule has 0 bridgehead atoms. The van der Waals surface area contributed by atoms with E-state index in [0.29, 0.717) is 26.1 Å². The molecule has 0 saturated carbocycles. The minimum Gasteiger partial charge on any atom is -0.457 e. The van der Waals surface area contributed by atoms with Gasteiger partial charge >= 0.3 is 18.2 Å². The molecule has 0 aromatic carbocycles. The highest BCUT2D eigenvalue weighted by molar-refractivity contribution is 5.70. The number of amides is 2. The number of allylic oxidation sites excluding steroid dienone is 2. The third-order valence-corrected chi connectivity index (χ3v) is 7.83. The van der Waals surface area contributed by atoms with Crippen molar-refractivity contribution in [2.24, 2.45) is 11.8 Å². The van der Waals surface area contributed by atoms with Gasteiger partial charge in [-0.2, -0.15) is 0 Å². The summed E-state index contributed by atoms with van der Waals surface area (Å²) in [5, 5.41) is 0. The largest absolute Gasteiger partial charge is 0.457 e. The third kappa shape index (κ3) is 10.6. The van der Waals surface area contributed by atoms with Crippen LogP contribution in [0.25, 0.3) is 0 Å². The van der Waals surface area contributed by atoms with Gasteiger partial charge in [-0.3, -0.25) is 4.79 Å². The summed E-state index contributed by atoms with van der Waals surface area (Å²) >= 11 is 0. The highest BCUT2D eigenvalue weighted by atomic mass is 16.6. The van der Waals surface area contributed by atoms with E-state index in [1.54, 1.807) is 9.80 Å². The molecular formula is C31H49N3O6. The van der Waals surface area contributed by atoms with Crippen LogP contribution in [0.4, 0.5) is 9.59 Å². The Labute approximate surface area is 240 Å². The number of carbonyl (C=O) groups excluding carboxylic acids is 3. The lowest BCUT2D eigenvalue weighted by Crippen LogP contribution is -2.47. The van der Waals surface area contributed by atoms with Crippen LogP contribution in [0.3, 0.4) is 0 Å². The highest BCUT2D eigenvalue weighted by Crippen LogP contribution is 2.22. The lowest BCUT2D eigenvalue weighted by molar-refractivity contribution is -0.148. The molecule has 0 spiro atoms. The zero-order valence-corrected chi connectivity index (χ0v) is 24.9. The average molecular weight is 560 g/mol. The Morgan fingerprint density at radius 3 is 2.42 bits per heavy atom. The number of likely N-dealkylation sites (N-methyl/N-ethyl adjacent to an activating group) is 1. The quantitative estimate of drug-likeness (QED) is 0.192. The standard InChI is InChI=1S/C31H49N3O6/c1-24(23-38-30(36)33-17-8-9-18-33)11-10-12-25(2)29-26(3)15-16-27(13-6-5-7-14-28(35)40-29)39-31(37)34-21-19-32(4)20-22-34/h10-12,15-16,24,26-27,29H,5-9,13-14,17-23H2,1-4H3/b11-10+,16-15+,25-12+/t24?,26-,27+,29+/m0/s1. The van der Waals surface area contributed by atoms with E-state index in [-0.39, 0.29) is 36.1 Å². The molecule has 2 amide bonds. The Hall–Kier alpha value is -2.81. The molecule has 0 radical (unpaired) electrons. The maximum atomic E-state index is 12.8. The van der Waals surface area contributed by atoms with E-state index in [1.807, 2.05) is 51.2 Å². The summed E-state index contributed by atoms with van der Waals surface area (Å²) in [6.07, 6.45) is 14.3. The summed E-state index contributed by atoms with van der Waals surface area (Å²) in [5.41, 5.74) is 0.922. The Balaban J connectivity index is 1.59. The van der Waals surface area contributed by atoms with Gasteiger partial charge < -0.3 is 28.9 Å². The van der Waals surface area contributed by atoms with E-state index in [0.717, 1.165) is 70.3 Å². The summed E-state index contributed by atoms with van der Waals surface area (Å²) in [7, 11) is 2.06. The first kappa shape index (κ1) is 31.7. The van der Waals surface area contributed by atoms with E-state index in [4.69, 9.17) is 14.2 Å². The van der Waals surface area contributed by atoms with Crippen LogP contribution in [0.2, 0.25) is 0 Å². The molecule has 4 atom stereocenters. The second-order valence-corrected chi connectivity index (χ2v) is 11.5. The molecule has 3 heterocycles. The number of hydrogen-bond acceptors (Lipinski definition) is 7. The molecule has 1 unspecified atom stereocenters. The minimum absolute atomic E-state index is 0.0579. The SMILES string of the molecule is C/C(=C\C=C\C(C)COC(=O)N1CCCC1)[C@H]1OC(=O)CCCCC[C@@H](OC(=O)N2CCN(C)CC2)/C=C/[C@@H]1C. The minimum atomic E-state index is -0.426. The molecule has 3 aliphatic heterocycles. The maximum absolute atomic E-state index is 12.8. The summed E-state index contributed by atoms with van der Waals surface area (Å²) in [5.74, 6) is -0.234. The molecule has 224 valence electrons. The molecule has 9 heteroatoms. The Bertz CT molecular complexity index is 918. The van der Waals surface area contributed by atoms with Gasteiger partial charge in [0, 0.05) is 57.5 Å². The highest BCUT2D eigenvalue weighted by Gasteiger charge is 2.25. The molecule has 40 heavy (non-hydrogen) atoms. The van der Waals surface area contributed by atoms with Crippen molar-refractivity contribution in [1.29, 1.82) is 0 Å². The van der Waals surface area contributed by atoms with Crippen molar-refractivity contribution in [1.82, 2.24) is 14.7 Å². The van der Waals surface area contributed by atoms with Gasteiger partial charge in [0.25, 0.3) is 0 Å². The maximum Gasteiger partial charge on any atom is 0.410 e. The smallest absolute Gasteiger partial charge is 0.410 e. The third-order valence-electron chi connectivity index (χ3n) is 7.83. The number of rotatable bonds is 6. The number of esters is 1. The monoisotopic (exact) mass is 559 g/mol. The number of ether oxygens (including phenoxy) is 3. The normalized spacial score (nSPS) is 27.4. The van der Waals surface area contributed by atoms with Crippen LogP contribution < -0.4 is 0 Å². The first-order valence-electron chi connectivity index (χ1n) is 15.0. The van der Waals surface area contributed by atoms with Crippen LogP contribution in [-0.2, 0) is 19.0 Å². The van der Waals surface area contributed by atoms with Gasteiger partial charge in [0.15, 0.2) is 0 Å². The van der Waals surface area contributed by atoms with Crippen molar-refractivity contribution in [3.63, 3.8) is 0 Å². The summed E-state index contributed by atoms with van der Waals surface area (Å²) in [4.78, 5) is 43.3. The van der Waals surface area contributed by atoms with Crippen molar-refractivity contribution in [2.75, 3.05) is 52.9 Å². The summed E-state index contributed by atoms with van der Waals surface area (Å²) in [6, 6.07) is 0. The van der Waals surface area contributed by atoms with E-state index in [1.165, 1.54) is 0 Å². The van der Waals surface area contributed by atoms with Crippen molar-refractivity contribution in [3.05, 3.63) is 36.0 Å². The van der Waals surface area contributed by atoms with Gasteiger partial charge in [-0.25, -0.2) is 9.59 Å². The Kier molecular flexibility index (Phi) is 13.0. The lowest BCUT2D eigenvalue weighted by atomic mass is 9.95. The predicted molar refractivity (Wildman–Crippen MR) is 155 cm³/mol. The molecule has 0 aromatic rings. The van der Waals surface area contributed by atoms with Crippen LogP contribution >= 0.6 is 0 Å². The molecular weight excluding hydrogens is 510 g/mol.